The van der Waals surface area contributed by atoms with Crippen molar-refractivity contribution in [1.29, 1.82) is 0 Å². The minimum Gasteiger partial charge on any atom is -0.525 e. The van der Waals surface area contributed by atoms with Crippen LogP contribution in [0.2, 0.25) is 0 Å². The summed E-state index contributed by atoms with van der Waals surface area (Å²) in [6.45, 7) is 0. The Morgan fingerprint density at radius 3 is 2.55 bits per heavy atom. The predicted octanol–water partition coefficient (Wildman–Crippen LogP) is 3.30. The molecule has 0 radical (unpaired) electrons. The van der Waals surface area contributed by atoms with Gasteiger partial charge >= 0.3 is 0 Å². The van der Waals surface area contributed by atoms with E-state index in [0.29, 0.717) is 0 Å². The number of nitrogens with zero attached hydrogens (tertiary/aromatic N) is 1. The first-order valence-corrected chi connectivity index (χ1v) is 10.6. The highest BCUT2D eigenvalue weighted by molar-refractivity contribution is 6.84. The van der Waals surface area contributed by atoms with Crippen molar-refractivity contribution in [2.75, 3.05) is 0 Å². The fourth-order valence-corrected chi connectivity index (χ4v) is 6.36. The summed E-state index contributed by atoms with van der Waals surface area (Å²) in [7, 11) is 0.340. The van der Waals surface area contributed by atoms with Crippen LogP contribution in [-0.2, 0) is 0 Å². The summed E-state index contributed by atoms with van der Waals surface area (Å²) in [5, 5.41) is 13.2. The number of rotatable bonds is 2. The molecule has 6 heteroatoms. The Bertz CT molecular complexity index is 1010. The van der Waals surface area contributed by atoms with Crippen molar-refractivity contribution in [3.63, 3.8) is 0 Å². The molecular formula is C16H11NO3Si2. The highest BCUT2D eigenvalue weighted by Gasteiger charge is 2.09. The fourth-order valence-electron chi connectivity index (χ4n) is 2.83. The van der Waals surface area contributed by atoms with Crippen LogP contribution in [0.25, 0.3) is 32.5 Å². The Kier molecular flexibility index (Phi) is 3.05. The Morgan fingerprint density at radius 2 is 1.77 bits per heavy atom. The van der Waals surface area contributed by atoms with E-state index in [1.54, 1.807) is 12.1 Å². The summed E-state index contributed by atoms with van der Waals surface area (Å²) in [5.41, 5.74) is 3.26. The second kappa shape index (κ2) is 5.08. The van der Waals surface area contributed by atoms with Gasteiger partial charge in [-0.3, -0.25) is 10.1 Å². The molecule has 1 heterocycles. The first kappa shape index (κ1) is 13.2. The van der Waals surface area contributed by atoms with Crippen molar-refractivity contribution in [1.82, 2.24) is 0 Å². The fraction of sp³-hybridized carbons (Fsp3) is 0. The Hall–Kier alpha value is -2.45. The average Bonchev–Trinajstić information content (AvgIpc) is 3.03. The van der Waals surface area contributed by atoms with Crippen LogP contribution in [0.4, 0.5) is 5.69 Å². The second-order valence-corrected chi connectivity index (χ2v) is 8.34. The molecule has 4 aromatic rings. The molecule has 0 saturated carbocycles. The van der Waals surface area contributed by atoms with Crippen LogP contribution < -0.4 is 0 Å². The second-order valence-electron chi connectivity index (χ2n) is 5.10. The van der Waals surface area contributed by atoms with Gasteiger partial charge in [-0.2, -0.15) is 0 Å². The van der Waals surface area contributed by atoms with E-state index in [-0.39, 0.29) is 28.1 Å². The summed E-state index contributed by atoms with van der Waals surface area (Å²) in [6, 6.07) is 17.1. The minimum atomic E-state index is -0.372. The van der Waals surface area contributed by atoms with Gasteiger partial charge in [0.25, 0.3) is 5.69 Å². The van der Waals surface area contributed by atoms with Crippen LogP contribution in [0.1, 0.15) is 0 Å². The molecule has 1 aromatic heterocycles. The third-order valence-corrected chi connectivity index (χ3v) is 7.15. The van der Waals surface area contributed by atoms with Gasteiger partial charge in [0.15, 0.2) is 8.88 Å². The lowest BCUT2D eigenvalue weighted by molar-refractivity contribution is -0.384. The third-order valence-electron chi connectivity index (χ3n) is 3.88. The standard InChI is InChI=1S/C16H11NO3Si2/c18-17(19)11-6-4-10(5-7-11)12-2-1-3-14-13(12)8-9-15-16(14)21-22-20-15/h1-9,21-22H. The normalized spacial score (nSPS) is 11.1. The molecular weight excluding hydrogens is 310 g/mol. The molecule has 4 nitrogen and oxygen atoms in total. The van der Waals surface area contributed by atoms with Crippen molar-refractivity contribution >= 4 is 44.5 Å². The van der Waals surface area contributed by atoms with Crippen LogP contribution in [0.15, 0.2) is 58.7 Å². The molecule has 0 saturated heterocycles. The summed E-state index contributed by atoms with van der Waals surface area (Å²) >= 11 is 0. The number of benzene rings is 3. The summed E-state index contributed by atoms with van der Waals surface area (Å²) in [4.78, 5) is 11.8. The van der Waals surface area contributed by atoms with Crippen molar-refractivity contribution in [3.8, 4) is 11.1 Å². The van der Waals surface area contributed by atoms with E-state index < -0.39 is 0 Å². The van der Waals surface area contributed by atoms with Crippen molar-refractivity contribution in [2.45, 2.75) is 0 Å². The van der Waals surface area contributed by atoms with Gasteiger partial charge in [0, 0.05) is 17.1 Å². The maximum Gasteiger partial charge on any atom is 0.269 e. The summed E-state index contributed by atoms with van der Waals surface area (Å²) in [6.07, 6.45) is 0. The van der Waals surface area contributed by atoms with Gasteiger partial charge in [-0.15, -0.1) is 0 Å². The number of non-ortho nitro benzene ring substituents is 1. The third kappa shape index (κ3) is 2.04. The van der Waals surface area contributed by atoms with Gasteiger partial charge in [-0.1, -0.05) is 24.3 Å². The maximum atomic E-state index is 10.8. The zero-order chi connectivity index (χ0) is 15.1. The monoisotopic (exact) mass is 321 g/mol. The summed E-state index contributed by atoms with van der Waals surface area (Å²) in [5.74, 6) is 0. The zero-order valence-corrected chi connectivity index (χ0v) is 13.8. The van der Waals surface area contributed by atoms with E-state index >= 15 is 0 Å². The van der Waals surface area contributed by atoms with Gasteiger partial charge in [-0.25, -0.2) is 0 Å². The van der Waals surface area contributed by atoms with Gasteiger partial charge in [0.1, 0.15) is 5.58 Å². The molecule has 0 amide bonds. The highest BCUT2D eigenvalue weighted by atomic mass is 28.9. The molecule has 0 spiro atoms. The van der Waals surface area contributed by atoms with Gasteiger partial charge in [0.05, 0.1) is 13.5 Å². The lowest BCUT2D eigenvalue weighted by Gasteiger charge is -2.07. The first-order valence-electron chi connectivity index (χ1n) is 6.88. The van der Waals surface area contributed by atoms with Gasteiger partial charge < -0.3 is 4.10 Å². The molecule has 0 atom stereocenters. The summed E-state index contributed by atoms with van der Waals surface area (Å²) < 4.78 is 5.74. The van der Waals surface area contributed by atoms with Crippen molar-refractivity contribution in [3.05, 3.63) is 64.7 Å². The topological polar surface area (TPSA) is 56.3 Å². The van der Waals surface area contributed by atoms with E-state index in [0.717, 1.165) is 16.7 Å². The Morgan fingerprint density at radius 1 is 0.955 bits per heavy atom. The molecule has 0 N–H and O–H groups in total. The molecule has 0 aliphatic rings. The van der Waals surface area contributed by atoms with E-state index in [4.69, 9.17) is 4.10 Å². The van der Waals surface area contributed by atoms with Crippen molar-refractivity contribution in [2.24, 2.45) is 0 Å². The Labute approximate surface area is 129 Å². The van der Waals surface area contributed by atoms with Crippen LogP contribution in [0.3, 0.4) is 0 Å². The molecule has 3 aromatic carbocycles. The molecule has 4 rings (SSSR count). The van der Waals surface area contributed by atoms with Crippen LogP contribution in [-0.4, -0.2) is 22.4 Å². The molecule has 106 valence electrons. The number of hydrogen-bond donors (Lipinski definition) is 0. The molecule has 22 heavy (non-hydrogen) atoms. The number of nitro groups is 1. The van der Waals surface area contributed by atoms with Gasteiger partial charge in [-0.05, 0) is 40.1 Å². The van der Waals surface area contributed by atoms with E-state index in [9.17, 15) is 10.1 Å². The average molecular weight is 321 g/mol. The highest BCUT2D eigenvalue weighted by Crippen LogP contribution is 2.32. The van der Waals surface area contributed by atoms with Crippen LogP contribution in [0, 0.1) is 10.1 Å². The Balaban J connectivity index is 1.96. The molecule has 0 fully saturated rings. The van der Waals surface area contributed by atoms with E-state index in [1.807, 2.05) is 18.2 Å². The van der Waals surface area contributed by atoms with Crippen LogP contribution in [0.5, 0.6) is 0 Å². The molecule has 0 aliphatic heterocycles. The zero-order valence-electron chi connectivity index (χ0n) is 11.5. The minimum absolute atomic E-state index is 0.0985. The van der Waals surface area contributed by atoms with Crippen molar-refractivity contribution < 1.29 is 9.02 Å². The SMILES string of the molecule is O=[N+]([O-])c1ccc(-c2cccc3c2ccc2o[siH][siH]c23)cc1. The maximum absolute atomic E-state index is 10.8. The van der Waals surface area contributed by atoms with E-state index in [1.165, 1.54) is 15.8 Å². The van der Waals surface area contributed by atoms with Gasteiger partial charge in [0.2, 0.25) is 0 Å². The quantitative estimate of drug-likeness (QED) is 0.323. The van der Waals surface area contributed by atoms with E-state index in [2.05, 4.69) is 24.3 Å². The predicted molar refractivity (Wildman–Crippen MR) is 91.3 cm³/mol. The largest absolute Gasteiger partial charge is 0.525 e. The molecule has 0 unspecified atom stereocenters. The lowest BCUT2D eigenvalue weighted by atomic mass is 9.98. The smallest absolute Gasteiger partial charge is 0.269 e. The molecule has 0 aliphatic carbocycles. The lowest BCUT2D eigenvalue weighted by Crippen LogP contribution is -1.88. The number of fused-ring (bicyclic) bond motifs is 3. The van der Waals surface area contributed by atoms with Crippen LogP contribution >= 0.6 is 0 Å². The first-order chi connectivity index (χ1) is 10.7. The number of hydrogen-bond acceptors (Lipinski definition) is 3. The number of nitro benzene ring substituents is 1. The molecule has 0 bridgehead atoms.